The third-order valence-electron chi connectivity index (χ3n) is 7.19. The second kappa shape index (κ2) is 12.8. The Kier molecular flexibility index (Phi) is 9.26. The van der Waals surface area contributed by atoms with Gasteiger partial charge in [0, 0.05) is 31.4 Å². The minimum absolute atomic E-state index is 0.0305. The Morgan fingerprint density at radius 1 is 1.07 bits per heavy atom. The number of nitrogens with two attached hydrogens (primary N) is 2. The van der Waals surface area contributed by atoms with E-state index < -0.39 is 17.9 Å². The van der Waals surface area contributed by atoms with E-state index in [0.29, 0.717) is 16.9 Å². The van der Waals surface area contributed by atoms with Crippen LogP contribution in [-0.2, 0) is 11.3 Å². The number of hydrogen-bond acceptors (Lipinski definition) is 8. The second-order valence-corrected chi connectivity index (χ2v) is 10.9. The van der Waals surface area contributed by atoms with E-state index in [9.17, 15) is 14.4 Å². The van der Waals surface area contributed by atoms with E-state index in [-0.39, 0.29) is 34.8 Å². The number of rotatable bonds is 10. The molecule has 212 valence electrons. The van der Waals surface area contributed by atoms with Gasteiger partial charge in [0.1, 0.15) is 16.7 Å². The molecule has 0 bridgehead atoms. The smallest absolute Gasteiger partial charge is 0.270 e. The van der Waals surface area contributed by atoms with Crippen LogP contribution >= 0.6 is 11.5 Å². The normalized spacial score (nSPS) is 14.3. The molecule has 0 saturated heterocycles. The van der Waals surface area contributed by atoms with Gasteiger partial charge in [-0.1, -0.05) is 49.6 Å². The lowest BCUT2D eigenvalue weighted by Gasteiger charge is -2.33. The maximum Gasteiger partial charge on any atom is 0.270 e. The topological polar surface area (TPSA) is 144 Å². The molecule has 0 aliphatic heterocycles. The number of amides is 3. The zero-order valence-corrected chi connectivity index (χ0v) is 23.9. The van der Waals surface area contributed by atoms with Crippen LogP contribution in [0.4, 0.5) is 11.4 Å². The molecular weight excluding hydrogens is 528 g/mol. The van der Waals surface area contributed by atoms with E-state index in [2.05, 4.69) is 9.69 Å². The molecule has 1 fully saturated rings. The van der Waals surface area contributed by atoms with Gasteiger partial charge in [-0.25, -0.2) is 0 Å². The van der Waals surface area contributed by atoms with Crippen molar-refractivity contribution in [3.63, 3.8) is 0 Å². The van der Waals surface area contributed by atoms with Gasteiger partial charge in [-0.15, -0.1) is 0 Å². The number of para-hydroxylation sites is 1. The summed E-state index contributed by atoms with van der Waals surface area (Å²) in [6.45, 7) is 0.0459. The highest BCUT2D eigenvalue weighted by Crippen LogP contribution is 2.33. The molecule has 0 spiro atoms. The van der Waals surface area contributed by atoms with Crippen LogP contribution < -0.4 is 26.4 Å². The molecule has 1 aliphatic rings. The van der Waals surface area contributed by atoms with Gasteiger partial charge in [0.15, 0.2) is 5.69 Å². The van der Waals surface area contributed by atoms with E-state index in [0.717, 1.165) is 49.3 Å². The van der Waals surface area contributed by atoms with Gasteiger partial charge in [0.25, 0.3) is 11.8 Å². The Balaban J connectivity index is 1.82. The SMILES string of the molecule is COc1ccccc1CN(C(=O)c1snc(C(N)=O)c1N)C(C(=O)NC1CCCCC1)c1ccc(N(C)C)cc1. The molecule has 5 N–H and O–H groups in total. The number of benzene rings is 2. The van der Waals surface area contributed by atoms with Crippen molar-refractivity contribution in [3.8, 4) is 5.75 Å². The molecule has 1 atom stereocenters. The highest BCUT2D eigenvalue weighted by molar-refractivity contribution is 7.09. The molecule has 1 unspecified atom stereocenters. The lowest BCUT2D eigenvalue weighted by molar-refractivity contribution is -0.127. The highest BCUT2D eigenvalue weighted by atomic mass is 32.1. The molecule has 1 aromatic heterocycles. The van der Waals surface area contributed by atoms with Gasteiger partial charge in [0.2, 0.25) is 5.91 Å². The number of hydrogen-bond donors (Lipinski definition) is 3. The van der Waals surface area contributed by atoms with E-state index in [1.165, 1.54) is 4.90 Å². The van der Waals surface area contributed by atoms with Gasteiger partial charge in [-0.05, 0) is 48.1 Å². The molecule has 3 amide bonds. The summed E-state index contributed by atoms with van der Waals surface area (Å²) in [5.74, 6) is -1.07. The number of aromatic nitrogens is 1. The minimum atomic E-state index is -0.992. The zero-order valence-electron chi connectivity index (χ0n) is 23.1. The molecule has 1 saturated carbocycles. The van der Waals surface area contributed by atoms with Crippen molar-refractivity contribution < 1.29 is 19.1 Å². The monoisotopic (exact) mass is 564 g/mol. The van der Waals surface area contributed by atoms with E-state index in [1.54, 1.807) is 13.2 Å². The lowest BCUT2D eigenvalue weighted by Crippen LogP contribution is -2.46. The summed E-state index contributed by atoms with van der Waals surface area (Å²) < 4.78 is 9.59. The number of anilines is 2. The molecule has 11 heteroatoms. The number of carbonyl (C=O) groups excluding carboxylic acids is 3. The first-order chi connectivity index (χ1) is 19.2. The average molecular weight is 565 g/mol. The van der Waals surface area contributed by atoms with E-state index >= 15 is 0 Å². The van der Waals surface area contributed by atoms with Gasteiger partial charge < -0.3 is 31.3 Å². The molecule has 3 aromatic rings. The highest BCUT2D eigenvalue weighted by Gasteiger charge is 2.36. The van der Waals surface area contributed by atoms with Crippen molar-refractivity contribution in [2.75, 3.05) is 31.8 Å². The second-order valence-electron chi connectivity index (χ2n) is 10.1. The van der Waals surface area contributed by atoms with E-state index in [1.807, 2.05) is 61.5 Å². The fourth-order valence-electron chi connectivity index (χ4n) is 5.01. The molecule has 40 heavy (non-hydrogen) atoms. The van der Waals surface area contributed by atoms with E-state index in [4.69, 9.17) is 16.2 Å². The summed E-state index contributed by atoms with van der Waals surface area (Å²) in [7, 11) is 5.42. The average Bonchev–Trinajstić information content (AvgIpc) is 3.34. The Morgan fingerprint density at radius 2 is 1.75 bits per heavy atom. The number of nitrogens with zero attached hydrogens (tertiary/aromatic N) is 3. The third-order valence-corrected chi connectivity index (χ3v) is 8.04. The van der Waals surface area contributed by atoms with Crippen molar-refractivity contribution in [1.82, 2.24) is 14.6 Å². The van der Waals surface area contributed by atoms with Crippen LogP contribution in [0.25, 0.3) is 0 Å². The van der Waals surface area contributed by atoms with Crippen LogP contribution in [0.15, 0.2) is 48.5 Å². The molecule has 10 nitrogen and oxygen atoms in total. The van der Waals surface area contributed by atoms with Crippen molar-refractivity contribution in [2.24, 2.45) is 5.73 Å². The molecule has 4 rings (SSSR count). The number of nitrogen functional groups attached to an aromatic ring is 1. The molecular formula is C29H36N6O4S. The Labute approximate surface area is 238 Å². The predicted octanol–water partition coefficient (Wildman–Crippen LogP) is 3.73. The van der Waals surface area contributed by atoms with Crippen LogP contribution in [0.5, 0.6) is 5.75 Å². The first-order valence-corrected chi connectivity index (χ1v) is 14.0. The van der Waals surface area contributed by atoms with Crippen LogP contribution in [0.3, 0.4) is 0 Å². The fraction of sp³-hybridized carbons (Fsp3) is 0.379. The van der Waals surface area contributed by atoms with Gasteiger partial charge in [-0.3, -0.25) is 14.4 Å². The van der Waals surface area contributed by atoms with Crippen molar-refractivity contribution in [3.05, 3.63) is 70.2 Å². The minimum Gasteiger partial charge on any atom is -0.496 e. The van der Waals surface area contributed by atoms with Crippen molar-refractivity contribution in [2.45, 2.75) is 50.7 Å². The van der Waals surface area contributed by atoms with Gasteiger partial charge in [-0.2, -0.15) is 4.37 Å². The zero-order chi connectivity index (χ0) is 28.8. The first kappa shape index (κ1) is 28.9. The summed E-state index contributed by atoms with van der Waals surface area (Å²) in [4.78, 5) is 43.6. The van der Waals surface area contributed by atoms with Crippen LogP contribution in [0.2, 0.25) is 0 Å². The van der Waals surface area contributed by atoms with Crippen molar-refractivity contribution >= 4 is 40.6 Å². The number of nitrogens with one attached hydrogen (secondary N) is 1. The third kappa shape index (κ3) is 6.36. The number of methoxy groups -OCH3 is 1. The summed E-state index contributed by atoms with van der Waals surface area (Å²) in [6, 6.07) is 13.9. The number of carbonyl (C=O) groups is 3. The summed E-state index contributed by atoms with van der Waals surface area (Å²) in [5.41, 5.74) is 13.6. The summed E-state index contributed by atoms with van der Waals surface area (Å²) >= 11 is 0.791. The largest absolute Gasteiger partial charge is 0.496 e. The Hall–Kier alpha value is -4.12. The first-order valence-electron chi connectivity index (χ1n) is 13.3. The van der Waals surface area contributed by atoms with Crippen LogP contribution in [-0.4, -0.2) is 54.2 Å². The number of ether oxygens (including phenoxy) is 1. The maximum atomic E-state index is 14.2. The Bertz CT molecular complexity index is 1350. The lowest BCUT2D eigenvalue weighted by atomic mass is 9.94. The number of primary amides is 1. The Morgan fingerprint density at radius 3 is 2.35 bits per heavy atom. The summed E-state index contributed by atoms with van der Waals surface area (Å²) in [5, 5.41) is 3.20. The van der Waals surface area contributed by atoms with Gasteiger partial charge >= 0.3 is 0 Å². The summed E-state index contributed by atoms with van der Waals surface area (Å²) in [6.07, 6.45) is 5.02. The van der Waals surface area contributed by atoms with Gasteiger partial charge in [0.05, 0.1) is 19.3 Å². The fourth-order valence-corrected chi connectivity index (χ4v) is 5.77. The molecule has 1 heterocycles. The molecule has 2 aromatic carbocycles. The maximum absolute atomic E-state index is 14.2. The van der Waals surface area contributed by atoms with Crippen LogP contribution in [0.1, 0.15) is 69.4 Å². The predicted molar refractivity (Wildman–Crippen MR) is 156 cm³/mol. The molecule has 0 radical (unpaired) electrons. The standard InChI is InChI=1S/C29H36N6O4S/c1-34(2)21-15-13-18(14-16-21)25(28(37)32-20-10-5-4-6-11-20)35(17-19-9-7-8-12-22(19)39-3)29(38)26-23(30)24(27(31)36)33-40-26/h7-9,12-16,20,25H,4-6,10-11,17,30H2,1-3H3,(H2,31,36)(H,32,37). The van der Waals surface area contributed by atoms with Crippen LogP contribution in [0, 0.1) is 0 Å². The quantitative estimate of drug-likeness (QED) is 0.340. The van der Waals surface area contributed by atoms with Crippen molar-refractivity contribution in [1.29, 1.82) is 0 Å². The molecule has 1 aliphatic carbocycles.